The predicted molar refractivity (Wildman–Crippen MR) is 153 cm³/mol. The fraction of sp³-hybridized carbons (Fsp3) is 0.462. The summed E-state index contributed by atoms with van der Waals surface area (Å²) < 4.78 is 34.9. The lowest BCUT2D eigenvalue weighted by Gasteiger charge is -2.30. The number of sulfonamides is 1. The van der Waals surface area contributed by atoms with Crippen molar-refractivity contribution in [1.82, 2.24) is 4.90 Å². The molecule has 1 saturated heterocycles. The van der Waals surface area contributed by atoms with Crippen LogP contribution in [0, 0.1) is 12.8 Å². The molecular weight excluding hydrogens is 551 g/mol. The number of unbranched alkanes of at least 4 members (excludes halogenated alkanes) is 2. The largest absolute Gasteiger partial charge is 0.493 e. The summed E-state index contributed by atoms with van der Waals surface area (Å²) in [6, 6.07) is 11.8. The molecule has 0 amide bonds. The summed E-state index contributed by atoms with van der Waals surface area (Å²) in [4.78, 5) is 13.0. The number of benzene rings is 2. The first kappa shape index (κ1) is 31.5. The van der Waals surface area contributed by atoms with Gasteiger partial charge in [-0.25, -0.2) is 8.42 Å². The molecule has 9 nitrogen and oxygen atoms in total. The van der Waals surface area contributed by atoms with Crippen LogP contribution >= 0.6 is 24.0 Å². The first-order chi connectivity index (χ1) is 17.7. The molecule has 3 rings (SSSR count). The van der Waals surface area contributed by atoms with Crippen LogP contribution < -0.4 is 14.9 Å². The van der Waals surface area contributed by atoms with Crippen molar-refractivity contribution in [2.45, 2.75) is 50.3 Å². The Morgan fingerprint density at radius 2 is 1.92 bits per heavy atom. The van der Waals surface area contributed by atoms with Crippen LogP contribution in [0.4, 0.5) is 5.69 Å². The van der Waals surface area contributed by atoms with Gasteiger partial charge in [-0.2, -0.15) is 5.10 Å². The molecule has 3 N–H and O–H groups in total. The maximum Gasteiger partial charge on any atom is 0.303 e. The second-order valence-electron chi connectivity index (χ2n) is 9.27. The fourth-order valence-electron chi connectivity index (χ4n) is 4.37. The van der Waals surface area contributed by atoms with Crippen LogP contribution in [0.3, 0.4) is 0 Å². The lowest BCUT2D eigenvalue weighted by atomic mass is 9.98. The van der Waals surface area contributed by atoms with Gasteiger partial charge in [-0.15, -0.1) is 12.4 Å². The number of hydrogen-bond acceptors (Lipinski definition) is 6. The van der Waals surface area contributed by atoms with E-state index in [4.69, 9.17) is 27.3 Å². The van der Waals surface area contributed by atoms with E-state index in [0.29, 0.717) is 43.2 Å². The van der Waals surface area contributed by atoms with Gasteiger partial charge in [-0.05, 0) is 68.4 Å². The number of nitrogens with zero attached hydrogens (tertiary/aromatic N) is 3. The van der Waals surface area contributed by atoms with Crippen molar-refractivity contribution in [2.24, 2.45) is 16.9 Å². The normalized spacial score (nSPS) is 14.3. The first-order valence-electron chi connectivity index (χ1n) is 12.4. The molecule has 0 aromatic heterocycles. The van der Waals surface area contributed by atoms with Gasteiger partial charge in [-0.1, -0.05) is 30.2 Å². The fourth-order valence-corrected chi connectivity index (χ4v) is 6.35. The minimum Gasteiger partial charge on any atom is -0.493 e. The molecule has 12 heteroatoms. The molecule has 1 aliphatic heterocycles. The van der Waals surface area contributed by atoms with Gasteiger partial charge in [0.25, 0.3) is 10.0 Å². The smallest absolute Gasteiger partial charge is 0.303 e. The van der Waals surface area contributed by atoms with Gasteiger partial charge in [0.1, 0.15) is 17.0 Å². The number of likely N-dealkylation sites (tertiary alicyclic amines) is 1. The number of carboxylic acids is 1. The summed E-state index contributed by atoms with van der Waals surface area (Å²) in [6.07, 6.45) is 5.18. The van der Waals surface area contributed by atoms with Crippen molar-refractivity contribution < 1.29 is 23.1 Å². The van der Waals surface area contributed by atoms with Gasteiger partial charge >= 0.3 is 5.97 Å². The van der Waals surface area contributed by atoms with Crippen LogP contribution in [0.15, 0.2) is 52.5 Å². The molecule has 210 valence electrons. The Labute approximate surface area is 236 Å². The molecule has 0 unspecified atom stereocenters. The molecule has 0 radical (unpaired) electrons. The Morgan fingerprint density at radius 3 is 2.58 bits per heavy atom. The molecule has 0 spiro atoms. The lowest BCUT2D eigenvalue weighted by molar-refractivity contribution is -0.137. The number of ether oxygens (including phenoxy) is 1. The zero-order valence-electron chi connectivity index (χ0n) is 21.5. The minimum atomic E-state index is -3.97. The second-order valence-corrected chi connectivity index (χ2v) is 11.5. The van der Waals surface area contributed by atoms with E-state index < -0.39 is 16.0 Å². The maximum absolute atomic E-state index is 13.7. The van der Waals surface area contributed by atoms with E-state index in [1.165, 1.54) is 10.4 Å². The molecule has 2 aromatic carbocycles. The predicted octanol–water partition coefficient (Wildman–Crippen LogP) is 4.90. The summed E-state index contributed by atoms with van der Waals surface area (Å²) in [7, 11) is -3.97. The zero-order valence-corrected chi connectivity index (χ0v) is 23.8. The topological polar surface area (TPSA) is 126 Å². The molecular formula is C26H36Cl2N4O5S. The van der Waals surface area contributed by atoms with Crippen LogP contribution in [0.25, 0.3) is 0 Å². The number of hydrazone groups is 1. The number of halogens is 2. The number of piperidine rings is 1. The number of aryl methyl sites for hydroxylation is 1. The molecule has 1 heterocycles. The number of carboxylic acid groups (broad SMARTS) is 1. The standard InChI is InChI=1S/C26H35ClN4O5S.ClH/c1-20-15-22(17-23(16-20)36-18-21-10-13-30(14-11-21)19-29-28)31(12-6-2-3-9-26(32)33)37(34,35)25-8-5-4-7-24(25)27;/h4-5,7-8,15-17,19,21H,2-3,6,9-14,18,28H2,1H3,(H,32,33);1H/b29-19-;. The Kier molecular flexibility index (Phi) is 12.5. The highest BCUT2D eigenvalue weighted by Gasteiger charge is 2.27. The van der Waals surface area contributed by atoms with Gasteiger partial charge in [0, 0.05) is 32.1 Å². The monoisotopic (exact) mass is 586 g/mol. The molecule has 2 aromatic rings. The lowest BCUT2D eigenvalue weighted by Crippen LogP contribution is -2.35. The highest BCUT2D eigenvalue weighted by molar-refractivity contribution is 7.93. The van der Waals surface area contributed by atoms with E-state index in [1.807, 2.05) is 19.1 Å². The second kappa shape index (κ2) is 15.0. The summed E-state index contributed by atoms with van der Waals surface area (Å²) >= 11 is 6.27. The Hall–Kier alpha value is -2.69. The average molecular weight is 588 g/mol. The number of carbonyl (C=O) groups is 1. The third-order valence-electron chi connectivity index (χ3n) is 6.34. The number of hydrogen-bond donors (Lipinski definition) is 2. The summed E-state index contributed by atoms with van der Waals surface area (Å²) in [5.41, 5.74) is 1.36. The van der Waals surface area contributed by atoms with Gasteiger partial charge in [-0.3, -0.25) is 9.10 Å². The summed E-state index contributed by atoms with van der Waals surface area (Å²) in [5.74, 6) is 5.36. The number of aliphatic carboxylic acids is 1. The average Bonchev–Trinajstić information content (AvgIpc) is 2.85. The Bertz CT molecular complexity index is 1190. The quantitative estimate of drug-likeness (QED) is 0.112. The van der Waals surface area contributed by atoms with Crippen molar-refractivity contribution >= 4 is 52.0 Å². The van der Waals surface area contributed by atoms with Crippen LogP contribution in [0.5, 0.6) is 5.75 Å². The minimum absolute atomic E-state index is 0. The molecule has 0 atom stereocenters. The maximum atomic E-state index is 13.7. The third kappa shape index (κ3) is 8.96. The van der Waals surface area contributed by atoms with Gasteiger partial charge in [0.2, 0.25) is 0 Å². The van der Waals surface area contributed by atoms with E-state index >= 15 is 0 Å². The highest BCUT2D eigenvalue weighted by atomic mass is 35.5. The summed E-state index contributed by atoms with van der Waals surface area (Å²) in [5, 5.41) is 12.6. The highest BCUT2D eigenvalue weighted by Crippen LogP contribution is 2.32. The number of nitrogens with two attached hydrogens (primary N) is 1. The van der Waals surface area contributed by atoms with Crippen LogP contribution in [-0.4, -0.2) is 57.0 Å². The molecule has 0 aliphatic carbocycles. The van der Waals surface area contributed by atoms with E-state index in [9.17, 15) is 13.2 Å². The molecule has 1 aliphatic rings. The van der Waals surface area contributed by atoms with Crippen molar-refractivity contribution in [3.8, 4) is 5.75 Å². The van der Waals surface area contributed by atoms with E-state index in [0.717, 1.165) is 31.5 Å². The van der Waals surface area contributed by atoms with E-state index in [1.54, 1.807) is 30.6 Å². The number of anilines is 1. The summed E-state index contributed by atoms with van der Waals surface area (Å²) in [6.45, 7) is 4.34. The number of rotatable bonds is 13. The zero-order chi connectivity index (χ0) is 26.8. The molecule has 0 saturated carbocycles. The van der Waals surface area contributed by atoms with Crippen molar-refractivity contribution in [2.75, 3.05) is 30.5 Å². The van der Waals surface area contributed by atoms with Crippen molar-refractivity contribution in [3.05, 3.63) is 53.1 Å². The van der Waals surface area contributed by atoms with Gasteiger partial charge < -0.3 is 20.6 Å². The van der Waals surface area contributed by atoms with Crippen LogP contribution in [0.2, 0.25) is 5.02 Å². The molecule has 0 bridgehead atoms. The molecule has 1 fully saturated rings. The van der Waals surface area contributed by atoms with Gasteiger partial charge in [0.15, 0.2) is 0 Å². The van der Waals surface area contributed by atoms with Crippen LogP contribution in [0.1, 0.15) is 44.1 Å². The SMILES string of the molecule is Cc1cc(OCC2CCN(/C=N\N)CC2)cc(N(CCCCCC(=O)O)S(=O)(=O)c2ccccc2Cl)c1.Cl. The van der Waals surface area contributed by atoms with Crippen molar-refractivity contribution in [1.29, 1.82) is 0 Å². The van der Waals surface area contributed by atoms with Crippen LogP contribution in [-0.2, 0) is 14.8 Å². The Balaban J connectivity index is 0.00000507. The van der Waals surface area contributed by atoms with E-state index in [2.05, 4.69) is 10.0 Å². The first-order valence-corrected chi connectivity index (χ1v) is 14.2. The molecule has 38 heavy (non-hydrogen) atoms. The third-order valence-corrected chi connectivity index (χ3v) is 8.67. The Morgan fingerprint density at radius 1 is 1.21 bits per heavy atom. The van der Waals surface area contributed by atoms with Crippen molar-refractivity contribution in [3.63, 3.8) is 0 Å². The van der Waals surface area contributed by atoms with Gasteiger partial charge in [0.05, 0.1) is 17.3 Å². The van der Waals surface area contributed by atoms with E-state index in [-0.39, 0.29) is 35.3 Å².